The minimum absolute atomic E-state index is 0.510. The Morgan fingerprint density at radius 2 is 0.935 bits per heavy atom. The molecule has 0 saturated heterocycles. The number of benzene rings is 4. The predicted molar refractivity (Wildman–Crippen MR) is 181 cm³/mol. The highest BCUT2D eigenvalue weighted by Gasteiger charge is 2.11. The van der Waals surface area contributed by atoms with Gasteiger partial charge in [-0.05, 0) is 36.4 Å². The van der Waals surface area contributed by atoms with Gasteiger partial charge in [0.05, 0.1) is 11.0 Å². The Kier molecular flexibility index (Phi) is 8.13. The van der Waals surface area contributed by atoms with Gasteiger partial charge in [-0.15, -0.1) is 0 Å². The fraction of sp³-hybridized carbons (Fsp3) is 0. The smallest absolute Gasteiger partial charge is 0.228 e. The minimum atomic E-state index is 0.510. The van der Waals surface area contributed by atoms with Crippen LogP contribution in [0.4, 0.5) is 23.4 Å². The van der Waals surface area contributed by atoms with E-state index < -0.39 is 0 Å². The highest BCUT2D eigenvalue weighted by Crippen LogP contribution is 2.27. The number of aromatic nitrogens is 8. The van der Waals surface area contributed by atoms with E-state index in [1.807, 2.05) is 109 Å². The van der Waals surface area contributed by atoms with E-state index in [0.29, 0.717) is 29.2 Å². The van der Waals surface area contributed by atoms with E-state index in [9.17, 15) is 0 Å². The van der Waals surface area contributed by atoms with Gasteiger partial charge in [0.1, 0.15) is 23.8 Å². The van der Waals surface area contributed by atoms with Crippen LogP contribution in [0.15, 0.2) is 146 Å². The van der Waals surface area contributed by atoms with Crippen LogP contribution >= 0.6 is 0 Å². The second kappa shape index (κ2) is 13.3. The summed E-state index contributed by atoms with van der Waals surface area (Å²) in [4.78, 5) is 35.2. The van der Waals surface area contributed by atoms with Crippen molar-refractivity contribution in [1.29, 1.82) is 0 Å². The molecule has 0 atom stereocenters. The molecule has 2 N–H and O–H groups in total. The molecule has 4 aromatic heterocycles. The van der Waals surface area contributed by atoms with Gasteiger partial charge in [0.25, 0.3) is 0 Å². The first kappa shape index (κ1) is 28.1. The van der Waals surface area contributed by atoms with Crippen LogP contribution in [-0.4, -0.2) is 39.9 Å². The van der Waals surface area contributed by atoms with Crippen LogP contribution in [0.1, 0.15) is 0 Å². The van der Waals surface area contributed by atoms with Crippen molar-refractivity contribution in [3.63, 3.8) is 0 Å². The predicted octanol–water partition coefficient (Wildman–Crippen LogP) is 7.66. The van der Waals surface area contributed by atoms with Gasteiger partial charge in [-0.25, -0.2) is 39.9 Å². The van der Waals surface area contributed by atoms with Gasteiger partial charge >= 0.3 is 0 Å². The molecular formula is C36H26N10. The van der Waals surface area contributed by atoms with E-state index in [1.54, 1.807) is 30.7 Å². The van der Waals surface area contributed by atoms with Gasteiger partial charge < -0.3 is 10.6 Å². The molecule has 4 heterocycles. The van der Waals surface area contributed by atoms with Gasteiger partial charge in [0.2, 0.25) is 5.95 Å². The van der Waals surface area contributed by atoms with Gasteiger partial charge in [0.15, 0.2) is 11.6 Å². The van der Waals surface area contributed by atoms with Crippen LogP contribution in [0.25, 0.3) is 44.6 Å². The van der Waals surface area contributed by atoms with E-state index >= 15 is 0 Å². The number of nitrogens with zero attached hydrogens (tertiary/aromatic N) is 8. The first-order valence-electron chi connectivity index (χ1n) is 14.5. The molecule has 46 heavy (non-hydrogen) atoms. The average Bonchev–Trinajstić information content (AvgIpc) is 3.13. The molecule has 10 heteroatoms. The van der Waals surface area contributed by atoms with Crippen molar-refractivity contribution in [1.82, 2.24) is 39.9 Å². The summed E-state index contributed by atoms with van der Waals surface area (Å²) < 4.78 is 0. The van der Waals surface area contributed by atoms with Crippen LogP contribution < -0.4 is 10.6 Å². The molecule has 8 aromatic rings. The Bertz CT molecular complexity index is 2040. The maximum Gasteiger partial charge on any atom is 0.228 e. The average molecular weight is 599 g/mol. The Morgan fingerprint density at radius 3 is 1.48 bits per heavy atom. The lowest BCUT2D eigenvalue weighted by Crippen LogP contribution is -2.01. The zero-order valence-corrected chi connectivity index (χ0v) is 24.4. The third-order valence-corrected chi connectivity index (χ3v) is 6.89. The van der Waals surface area contributed by atoms with Crippen molar-refractivity contribution >= 4 is 45.2 Å². The van der Waals surface area contributed by atoms with E-state index in [1.165, 1.54) is 6.33 Å². The maximum atomic E-state index is 4.68. The Hall–Kier alpha value is -6.68. The number of rotatable bonds is 6. The summed E-state index contributed by atoms with van der Waals surface area (Å²) >= 11 is 0. The van der Waals surface area contributed by atoms with Gasteiger partial charge in [-0.3, -0.25) is 0 Å². The lowest BCUT2D eigenvalue weighted by atomic mass is 10.2. The van der Waals surface area contributed by atoms with Crippen molar-refractivity contribution in [2.45, 2.75) is 0 Å². The molecular weight excluding hydrogens is 572 g/mol. The first-order chi connectivity index (χ1) is 22.8. The molecule has 8 rings (SSSR count). The van der Waals surface area contributed by atoms with E-state index in [2.05, 4.69) is 50.5 Å². The fourth-order valence-corrected chi connectivity index (χ4v) is 4.73. The third-order valence-electron chi connectivity index (χ3n) is 6.89. The van der Waals surface area contributed by atoms with Crippen molar-refractivity contribution in [3.05, 3.63) is 146 Å². The Labute approximate surface area is 264 Å². The largest absolute Gasteiger partial charge is 0.324 e. The topological polar surface area (TPSA) is 127 Å². The summed E-state index contributed by atoms with van der Waals surface area (Å²) in [5, 5.41) is 8.32. The number of anilines is 4. The molecule has 0 aliphatic carbocycles. The van der Waals surface area contributed by atoms with Gasteiger partial charge in [0, 0.05) is 40.5 Å². The van der Waals surface area contributed by atoms with Crippen LogP contribution in [0.5, 0.6) is 0 Å². The standard InChI is InChI=1S/2C18H13N5/c1-2-7-13(8-3-1)16-21-15-10-5-4-9-14(15)17(22-16)23-18-19-11-6-12-20-18;1-2-6-13(7-3-1)17-21-15-9-5-4-8-14(15)18(23-17)22-16-10-11-19-12-20-16/h2*1-12H,(H,19,20,21,22,23). The number of fused-ring (bicyclic) bond motifs is 2. The molecule has 10 nitrogen and oxygen atoms in total. The van der Waals surface area contributed by atoms with Gasteiger partial charge in [-0.2, -0.15) is 0 Å². The monoisotopic (exact) mass is 598 g/mol. The number of hydrogen-bond donors (Lipinski definition) is 2. The fourth-order valence-electron chi connectivity index (χ4n) is 4.73. The number of para-hydroxylation sites is 2. The summed E-state index contributed by atoms with van der Waals surface area (Å²) in [5.41, 5.74) is 3.71. The zero-order valence-electron chi connectivity index (χ0n) is 24.4. The van der Waals surface area contributed by atoms with E-state index in [0.717, 1.165) is 38.8 Å². The molecule has 4 aromatic carbocycles. The van der Waals surface area contributed by atoms with E-state index in [4.69, 9.17) is 0 Å². The summed E-state index contributed by atoms with van der Waals surface area (Å²) in [7, 11) is 0. The second-order valence-corrected chi connectivity index (χ2v) is 9.98. The lowest BCUT2D eigenvalue weighted by Gasteiger charge is -2.10. The zero-order chi connectivity index (χ0) is 31.0. The lowest BCUT2D eigenvalue weighted by molar-refractivity contribution is 1.14. The molecule has 0 aliphatic heterocycles. The summed E-state index contributed by atoms with van der Waals surface area (Å²) in [6.45, 7) is 0. The normalized spacial score (nSPS) is 10.6. The summed E-state index contributed by atoms with van der Waals surface area (Å²) in [5.74, 6) is 3.98. The second-order valence-electron chi connectivity index (χ2n) is 9.98. The molecule has 0 saturated carbocycles. The molecule has 0 fully saturated rings. The van der Waals surface area contributed by atoms with Crippen molar-refractivity contribution < 1.29 is 0 Å². The molecule has 220 valence electrons. The summed E-state index contributed by atoms with van der Waals surface area (Å²) in [6, 6.07) is 39.2. The highest BCUT2D eigenvalue weighted by molar-refractivity contribution is 5.92. The third kappa shape index (κ3) is 6.46. The van der Waals surface area contributed by atoms with Gasteiger partial charge in [-0.1, -0.05) is 84.9 Å². The number of hydrogen-bond acceptors (Lipinski definition) is 10. The van der Waals surface area contributed by atoms with Crippen LogP contribution in [0.3, 0.4) is 0 Å². The molecule has 0 amide bonds. The maximum absolute atomic E-state index is 4.68. The molecule has 0 radical (unpaired) electrons. The Morgan fingerprint density at radius 1 is 0.413 bits per heavy atom. The van der Waals surface area contributed by atoms with Crippen molar-refractivity contribution in [3.8, 4) is 22.8 Å². The Balaban J connectivity index is 0.000000147. The minimum Gasteiger partial charge on any atom is -0.324 e. The summed E-state index contributed by atoms with van der Waals surface area (Å²) in [6.07, 6.45) is 6.58. The van der Waals surface area contributed by atoms with Crippen molar-refractivity contribution in [2.75, 3.05) is 10.6 Å². The SMILES string of the molecule is c1ccc(-c2nc(Nc3ccncn3)c3ccccc3n2)cc1.c1ccc(-c2nc(Nc3ncccn3)c3ccccc3n2)cc1. The molecule has 0 unspecified atom stereocenters. The van der Waals surface area contributed by atoms with Crippen LogP contribution in [-0.2, 0) is 0 Å². The van der Waals surface area contributed by atoms with Crippen LogP contribution in [0, 0.1) is 0 Å². The van der Waals surface area contributed by atoms with Crippen LogP contribution in [0.2, 0.25) is 0 Å². The molecule has 0 aliphatic rings. The molecule has 0 spiro atoms. The highest BCUT2D eigenvalue weighted by atomic mass is 15.1. The number of nitrogens with one attached hydrogen (secondary N) is 2. The quantitative estimate of drug-likeness (QED) is 0.197. The van der Waals surface area contributed by atoms with Crippen molar-refractivity contribution in [2.24, 2.45) is 0 Å². The molecule has 0 bridgehead atoms. The first-order valence-corrected chi connectivity index (χ1v) is 14.5. The van der Waals surface area contributed by atoms with E-state index in [-0.39, 0.29) is 0 Å².